The summed E-state index contributed by atoms with van der Waals surface area (Å²) in [6.45, 7) is 4.70. The Labute approximate surface area is 190 Å². The highest BCUT2D eigenvalue weighted by molar-refractivity contribution is 14.0. The largest absolute Gasteiger partial charge is 0.376 e. The molecule has 8 heteroatoms. The molecule has 2 fully saturated rings. The fourth-order valence-electron chi connectivity index (χ4n) is 3.80. The minimum absolute atomic E-state index is 0. The van der Waals surface area contributed by atoms with Crippen LogP contribution in [0.5, 0.6) is 0 Å². The number of ether oxygens (including phenoxy) is 1. The lowest BCUT2D eigenvalue weighted by Gasteiger charge is -2.16. The van der Waals surface area contributed by atoms with Crippen molar-refractivity contribution in [1.82, 2.24) is 15.6 Å². The third kappa shape index (κ3) is 8.02. The number of rotatable bonds is 8. The smallest absolute Gasteiger partial charge is 0.191 e. The Hall–Kier alpha value is -0.610. The van der Waals surface area contributed by atoms with Crippen LogP contribution < -0.4 is 15.5 Å². The van der Waals surface area contributed by atoms with Crippen molar-refractivity contribution in [3.63, 3.8) is 0 Å². The molecule has 160 valence electrons. The maximum absolute atomic E-state index is 6.02. The van der Waals surface area contributed by atoms with Gasteiger partial charge in [-0.3, -0.25) is 4.99 Å². The SMILES string of the molecule is CN=C(NCCOC1CCCCCC1)NCCc1csc(N2CCCC2)n1.I. The third-order valence-electron chi connectivity index (χ3n) is 5.36. The summed E-state index contributed by atoms with van der Waals surface area (Å²) in [5.74, 6) is 0.842. The van der Waals surface area contributed by atoms with Crippen molar-refractivity contribution in [3.8, 4) is 0 Å². The van der Waals surface area contributed by atoms with Crippen molar-refractivity contribution >= 4 is 46.4 Å². The minimum Gasteiger partial charge on any atom is -0.376 e. The number of nitrogens with one attached hydrogen (secondary N) is 2. The van der Waals surface area contributed by atoms with Crippen molar-refractivity contribution in [2.75, 3.05) is 44.7 Å². The lowest BCUT2D eigenvalue weighted by molar-refractivity contribution is 0.0468. The van der Waals surface area contributed by atoms with Crippen LogP contribution in [-0.4, -0.2) is 56.9 Å². The van der Waals surface area contributed by atoms with Gasteiger partial charge in [0.25, 0.3) is 0 Å². The fourth-order valence-corrected chi connectivity index (χ4v) is 4.71. The summed E-state index contributed by atoms with van der Waals surface area (Å²) in [5.41, 5.74) is 1.17. The number of aliphatic imine (C=N–C) groups is 1. The molecular formula is C20H36IN5OS. The number of hydrogen-bond acceptors (Lipinski definition) is 5. The second-order valence-electron chi connectivity index (χ2n) is 7.48. The predicted molar refractivity (Wildman–Crippen MR) is 129 cm³/mol. The summed E-state index contributed by atoms with van der Waals surface area (Å²) in [5, 5.41) is 10.1. The summed E-state index contributed by atoms with van der Waals surface area (Å²) < 4.78 is 6.02. The number of hydrogen-bond donors (Lipinski definition) is 2. The third-order valence-corrected chi connectivity index (χ3v) is 6.31. The molecule has 1 aliphatic carbocycles. The zero-order valence-electron chi connectivity index (χ0n) is 17.1. The molecule has 0 unspecified atom stereocenters. The summed E-state index contributed by atoms with van der Waals surface area (Å²) >= 11 is 1.77. The molecule has 2 heterocycles. The van der Waals surface area contributed by atoms with Gasteiger partial charge in [0.2, 0.25) is 0 Å². The molecule has 1 saturated heterocycles. The number of aromatic nitrogens is 1. The lowest BCUT2D eigenvalue weighted by Crippen LogP contribution is -2.40. The van der Waals surface area contributed by atoms with Crippen LogP contribution in [0.1, 0.15) is 57.1 Å². The molecule has 0 spiro atoms. The number of nitrogens with zero attached hydrogens (tertiary/aromatic N) is 3. The normalized spacial score (nSPS) is 18.6. The highest BCUT2D eigenvalue weighted by Gasteiger charge is 2.15. The van der Waals surface area contributed by atoms with Gasteiger partial charge in [0.1, 0.15) is 0 Å². The van der Waals surface area contributed by atoms with E-state index in [1.54, 1.807) is 11.3 Å². The van der Waals surface area contributed by atoms with E-state index in [2.05, 4.69) is 25.9 Å². The molecule has 2 aliphatic rings. The molecule has 0 aromatic carbocycles. The molecule has 0 amide bonds. The lowest BCUT2D eigenvalue weighted by atomic mass is 10.1. The topological polar surface area (TPSA) is 61.8 Å². The van der Waals surface area contributed by atoms with Gasteiger partial charge in [0.05, 0.1) is 18.4 Å². The first-order chi connectivity index (χ1) is 13.3. The van der Waals surface area contributed by atoms with Crippen LogP contribution >= 0.6 is 35.3 Å². The monoisotopic (exact) mass is 521 g/mol. The average Bonchev–Trinajstić information content (AvgIpc) is 3.31. The van der Waals surface area contributed by atoms with Gasteiger partial charge in [-0.15, -0.1) is 35.3 Å². The van der Waals surface area contributed by atoms with Gasteiger partial charge in [0.15, 0.2) is 11.1 Å². The van der Waals surface area contributed by atoms with Gasteiger partial charge in [0, 0.05) is 45.0 Å². The molecule has 1 aromatic heterocycles. The van der Waals surface area contributed by atoms with Crippen molar-refractivity contribution in [2.45, 2.75) is 63.9 Å². The van der Waals surface area contributed by atoms with Crippen molar-refractivity contribution < 1.29 is 4.74 Å². The maximum atomic E-state index is 6.02. The van der Waals surface area contributed by atoms with E-state index in [1.165, 1.54) is 62.2 Å². The molecule has 0 bridgehead atoms. The van der Waals surface area contributed by atoms with Crippen molar-refractivity contribution in [3.05, 3.63) is 11.1 Å². The maximum Gasteiger partial charge on any atom is 0.191 e. The predicted octanol–water partition coefficient (Wildman–Crippen LogP) is 3.81. The quantitative estimate of drug-likeness (QED) is 0.179. The molecule has 0 atom stereocenters. The Balaban J connectivity index is 0.00000280. The van der Waals surface area contributed by atoms with Crippen LogP contribution in [0.2, 0.25) is 0 Å². The number of halogens is 1. The van der Waals surface area contributed by atoms with Crippen LogP contribution in [0.4, 0.5) is 5.13 Å². The first-order valence-electron chi connectivity index (χ1n) is 10.6. The molecular weight excluding hydrogens is 485 g/mol. The number of thiazole rings is 1. The van der Waals surface area contributed by atoms with Gasteiger partial charge in [-0.2, -0.15) is 0 Å². The van der Waals surface area contributed by atoms with Crippen LogP contribution in [0.25, 0.3) is 0 Å². The highest BCUT2D eigenvalue weighted by atomic mass is 127. The average molecular weight is 522 g/mol. The molecule has 0 radical (unpaired) electrons. The van der Waals surface area contributed by atoms with Gasteiger partial charge < -0.3 is 20.3 Å². The van der Waals surface area contributed by atoms with E-state index in [9.17, 15) is 0 Å². The fraction of sp³-hybridized carbons (Fsp3) is 0.800. The zero-order chi connectivity index (χ0) is 18.7. The van der Waals surface area contributed by atoms with Crippen LogP contribution in [0.15, 0.2) is 10.4 Å². The Bertz CT molecular complexity index is 569. The molecule has 1 saturated carbocycles. The second kappa shape index (κ2) is 13.6. The number of guanidine groups is 1. The first kappa shape index (κ1) is 23.7. The van der Waals surface area contributed by atoms with Gasteiger partial charge >= 0.3 is 0 Å². The Morgan fingerprint density at radius 2 is 1.86 bits per heavy atom. The highest BCUT2D eigenvalue weighted by Crippen LogP contribution is 2.24. The minimum atomic E-state index is 0. The van der Waals surface area contributed by atoms with Gasteiger partial charge in [-0.1, -0.05) is 25.7 Å². The van der Waals surface area contributed by atoms with Crippen molar-refractivity contribution in [1.29, 1.82) is 0 Å². The van der Waals surface area contributed by atoms with Crippen molar-refractivity contribution in [2.24, 2.45) is 4.99 Å². The second-order valence-corrected chi connectivity index (χ2v) is 8.31. The molecule has 6 nitrogen and oxygen atoms in total. The first-order valence-corrected chi connectivity index (χ1v) is 11.5. The van der Waals surface area contributed by atoms with Crippen LogP contribution in [0.3, 0.4) is 0 Å². The van der Waals surface area contributed by atoms with E-state index in [1.807, 2.05) is 7.05 Å². The number of anilines is 1. The van der Waals surface area contributed by atoms with Gasteiger partial charge in [-0.05, 0) is 25.7 Å². The van der Waals surface area contributed by atoms with E-state index in [0.717, 1.165) is 45.2 Å². The Kier molecular flexibility index (Phi) is 11.5. The van der Waals surface area contributed by atoms with E-state index >= 15 is 0 Å². The van der Waals surface area contributed by atoms with E-state index in [0.29, 0.717) is 6.10 Å². The van der Waals surface area contributed by atoms with Crippen LogP contribution in [0, 0.1) is 0 Å². The molecule has 1 aromatic rings. The van der Waals surface area contributed by atoms with Gasteiger partial charge in [-0.25, -0.2) is 4.98 Å². The summed E-state index contributed by atoms with van der Waals surface area (Å²) in [6, 6.07) is 0. The molecule has 2 N–H and O–H groups in total. The summed E-state index contributed by atoms with van der Waals surface area (Å²) in [7, 11) is 1.82. The summed E-state index contributed by atoms with van der Waals surface area (Å²) in [4.78, 5) is 11.5. The standard InChI is InChI=1S/C20H35N5OS.HI/c1-21-19(23-12-15-26-18-8-4-2-3-5-9-18)22-11-10-17-16-27-20(24-17)25-13-6-7-14-25;/h16,18H,2-15H2,1H3,(H2,21,22,23);1H. The zero-order valence-corrected chi connectivity index (χ0v) is 20.3. The molecule has 3 rings (SSSR count). The van der Waals surface area contributed by atoms with E-state index < -0.39 is 0 Å². The van der Waals surface area contributed by atoms with E-state index in [-0.39, 0.29) is 24.0 Å². The Morgan fingerprint density at radius 3 is 2.57 bits per heavy atom. The van der Waals surface area contributed by atoms with E-state index in [4.69, 9.17) is 9.72 Å². The Morgan fingerprint density at radius 1 is 1.14 bits per heavy atom. The molecule has 28 heavy (non-hydrogen) atoms. The summed E-state index contributed by atoms with van der Waals surface area (Å²) in [6.07, 6.45) is 11.8. The molecule has 1 aliphatic heterocycles. The van der Waals surface area contributed by atoms with Crippen LogP contribution in [-0.2, 0) is 11.2 Å².